The van der Waals surface area contributed by atoms with Crippen LogP contribution in [-0.2, 0) is 4.79 Å². The van der Waals surface area contributed by atoms with Crippen LogP contribution in [0, 0.1) is 11.8 Å². The second-order valence-electron chi connectivity index (χ2n) is 7.84. The highest BCUT2D eigenvalue weighted by molar-refractivity contribution is 5.79. The van der Waals surface area contributed by atoms with Crippen molar-refractivity contribution in [1.29, 1.82) is 0 Å². The van der Waals surface area contributed by atoms with E-state index in [0.717, 1.165) is 50.5 Å². The fourth-order valence-corrected chi connectivity index (χ4v) is 4.25. The Balaban J connectivity index is 1.65. The predicted molar refractivity (Wildman–Crippen MR) is 83.3 cm³/mol. The zero-order chi connectivity index (χ0) is 15.0. The van der Waals surface area contributed by atoms with Gasteiger partial charge in [-0.1, -0.05) is 13.8 Å². The van der Waals surface area contributed by atoms with Crippen molar-refractivity contribution in [2.45, 2.75) is 76.4 Å². The van der Waals surface area contributed by atoms with Crippen molar-refractivity contribution in [3.05, 3.63) is 0 Å². The molecule has 1 aliphatic heterocycles. The van der Waals surface area contributed by atoms with Crippen LogP contribution in [0.3, 0.4) is 0 Å². The van der Waals surface area contributed by atoms with Crippen LogP contribution in [0.25, 0.3) is 0 Å². The van der Waals surface area contributed by atoms with Crippen molar-refractivity contribution < 1.29 is 9.90 Å². The number of rotatable bonds is 5. The van der Waals surface area contributed by atoms with E-state index in [1.165, 1.54) is 19.4 Å². The molecule has 3 atom stereocenters. The second-order valence-corrected chi connectivity index (χ2v) is 7.84. The van der Waals surface area contributed by atoms with Crippen molar-refractivity contribution in [3.63, 3.8) is 0 Å². The van der Waals surface area contributed by atoms with Gasteiger partial charge in [-0.3, -0.25) is 10.1 Å². The first-order valence-corrected chi connectivity index (χ1v) is 8.75. The summed E-state index contributed by atoms with van der Waals surface area (Å²) in [5.74, 6) is 0.911. The molecular weight excluding hydrogens is 264 g/mol. The molecule has 0 aromatic rings. The Morgan fingerprint density at radius 3 is 2.62 bits per heavy atom. The lowest BCUT2D eigenvalue weighted by molar-refractivity contribution is -0.147. The number of hydrogen-bond donors (Lipinski definition) is 2. The van der Waals surface area contributed by atoms with Gasteiger partial charge in [-0.2, -0.15) is 0 Å². The predicted octanol–water partition coefficient (Wildman–Crippen LogP) is 2.48. The van der Waals surface area contributed by atoms with Crippen LogP contribution in [-0.4, -0.2) is 46.7 Å². The van der Waals surface area contributed by atoms with E-state index in [-0.39, 0.29) is 0 Å². The van der Waals surface area contributed by atoms with E-state index in [2.05, 4.69) is 24.1 Å². The van der Waals surface area contributed by atoms with E-state index in [9.17, 15) is 9.90 Å². The molecule has 2 N–H and O–H groups in total. The lowest BCUT2D eigenvalue weighted by Crippen LogP contribution is -2.58. The Morgan fingerprint density at radius 2 is 2.05 bits per heavy atom. The highest BCUT2D eigenvalue weighted by Gasteiger charge is 2.47. The molecule has 0 spiro atoms. The summed E-state index contributed by atoms with van der Waals surface area (Å²) >= 11 is 0. The van der Waals surface area contributed by atoms with E-state index in [0.29, 0.717) is 12.1 Å². The molecule has 1 saturated heterocycles. The Bertz CT molecular complexity index is 394. The van der Waals surface area contributed by atoms with Gasteiger partial charge in [0.25, 0.3) is 0 Å². The average Bonchev–Trinajstić information content (AvgIpc) is 3.10. The maximum absolute atomic E-state index is 11.9. The van der Waals surface area contributed by atoms with Crippen LogP contribution in [0.1, 0.15) is 58.8 Å². The number of carboxylic acid groups (broad SMARTS) is 1. The van der Waals surface area contributed by atoms with Gasteiger partial charge in [0, 0.05) is 18.6 Å². The molecule has 0 amide bonds. The summed E-state index contributed by atoms with van der Waals surface area (Å²) in [6, 6.07) is 0.923. The minimum Gasteiger partial charge on any atom is -0.480 e. The molecule has 3 aliphatic rings. The van der Waals surface area contributed by atoms with Gasteiger partial charge in [0.15, 0.2) is 0 Å². The first kappa shape index (κ1) is 15.3. The summed E-state index contributed by atoms with van der Waals surface area (Å²) in [4.78, 5) is 14.5. The maximum atomic E-state index is 11.9. The second kappa shape index (κ2) is 5.88. The van der Waals surface area contributed by atoms with Crippen LogP contribution in [0.5, 0.6) is 0 Å². The summed E-state index contributed by atoms with van der Waals surface area (Å²) in [5.41, 5.74) is -0.653. The number of carboxylic acids is 1. The fourth-order valence-electron chi connectivity index (χ4n) is 4.25. The third-order valence-electron chi connectivity index (χ3n) is 5.91. The van der Waals surface area contributed by atoms with Gasteiger partial charge in [0.05, 0.1) is 0 Å². The Labute approximate surface area is 128 Å². The van der Waals surface area contributed by atoms with Crippen LogP contribution in [0.15, 0.2) is 0 Å². The van der Waals surface area contributed by atoms with Gasteiger partial charge in [0.1, 0.15) is 5.54 Å². The molecule has 120 valence electrons. The third-order valence-corrected chi connectivity index (χ3v) is 5.91. The highest BCUT2D eigenvalue weighted by atomic mass is 16.4. The van der Waals surface area contributed by atoms with Crippen molar-refractivity contribution in [3.8, 4) is 0 Å². The number of aliphatic carboxylic acids is 1. The largest absolute Gasteiger partial charge is 0.480 e. The third kappa shape index (κ3) is 3.26. The van der Waals surface area contributed by atoms with Gasteiger partial charge in [-0.15, -0.1) is 0 Å². The van der Waals surface area contributed by atoms with Crippen LogP contribution in [0.4, 0.5) is 0 Å². The molecule has 21 heavy (non-hydrogen) atoms. The molecule has 4 heteroatoms. The lowest BCUT2D eigenvalue weighted by Gasteiger charge is -2.42. The Hall–Kier alpha value is -0.610. The molecule has 0 radical (unpaired) electrons. The normalized spacial score (nSPS) is 38.0. The molecule has 4 nitrogen and oxygen atoms in total. The summed E-state index contributed by atoms with van der Waals surface area (Å²) < 4.78 is 0. The molecule has 3 unspecified atom stereocenters. The standard InChI is InChI=1S/C17H30N2O2/c1-12(2)13-7-9-19(11-13)15-4-3-8-17(10-15,16(20)21)18-14-5-6-14/h12-15,18H,3-11H2,1-2H3,(H,20,21). The zero-order valence-corrected chi connectivity index (χ0v) is 13.5. The number of likely N-dealkylation sites (tertiary alicyclic amines) is 1. The minimum absolute atomic E-state index is 0.460. The highest BCUT2D eigenvalue weighted by Crippen LogP contribution is 2.37. The van der Waals surface area contributed by atoms with E-state index < -0.39 is 11.5 Å². The van der Waals surface area contributed by atoms with Crippen LogP contribution < -0.4 is 5.32 Å². The summed E-state index contributed by atoms with van der Waals surface area (Å²) in [5, 5.41) is 13.3. The molecule has 2 aliphatic carbocycles. The molecule has 0 aromatic heterocycles. The lowest BCUT2D eigenvalue weighted by atomic mass is 9.78. The fraction of sp³-hybridized carbons (Fsp3) is 0.941. The number of carbonyl (C=O) groups is 1. The van der Waals surface area contributed by atoms with Gasteiger partial charge >= 0.3 is 5.97 Å². The molecule has 3 rings (SSSR count). The summed E-state index contributed by atoms with van der Waals surface area (Å²) in [6.07, 6.45) is 7.40. The van der Waals surface area contributed by atoms with E-state index in [1.54, 1.807) is 0 Å². The monoisotopic (exact) mass is 294 g/mol. The van der Waals surface area contributed by atoms with E-state index in [4.69, 9.17) is 0 Å². The molecule has 3 fully saturated rings. The molecule has 1 heterocycles. The smallest absolute Gasteiger partial charge is 0.323 e. The summed E-state index contributed by atoms with van der Waals surface area (Å²) in [7, 11) is 0. The average molecular weight is 294 g/mol. The van der Waals surface area contributed by atoms with Crippen LogP contribution >= 0.6 is 0 Å². The van der Waals surface area contributed by atoms with Crippen molar-refractivity contribution in [2.75, 3.05) is 13.1 Å². The van der Waals surface area contributed by atoms with E-state index >= 15 is 0 Å². The number of nitrogens with zero attached hydrogens (tertiary/aromatic N) is 1. The minimum atomic E-state index is -0.653. The number of nitrogens with one attached hydrogen (secondary N) is 1. The topological polar surface area (TPSA) is 52.6 Å². The quantitative estimate of drug-likeness (QED) is 0.818. The maximum Gasteiger partial charge on any atom is 0.323 e. The molecule has 2 saturated carbocycles. The van der Waals surface area contributed by atoms with Gasteiger partial charge < -0.3 is 10.0 Å². The Morgan fingerprint density at radius 1 is 1.29 bits per heavy atom. The van der Waals surface area contributed by atoms with Gasteiger partial charge in [-0.05, 0) is 63.3 Å². The molecule has 0 bridgehead atoms. The first-order valence-electron chi connectivity index (χ1n) is 8.75. The van der Waals surface area contributed by atoms with Crippen molar-refractivity contribution >= 4 is 5.97 Å². The van der Waals surface area contributed by atoms with Crippen molar-refractivity contribution in [1.82, 2.24) is 10.2 Å². The zero-order valence-electron chi connectivity index (χ0n) is 13.5. The first-order chi connectivity index (χ1) is 10.00. The van der Waals surface area contributed by atoms with Gasteiger partial charge in [-0.25, -0.2) is 0 Å². The Kier molecular flexibility index (Phi) is 4.28. The number of hydrogen-bond acceptors (Lipinski definition) is 3. The van der Waals surface area contributed by atoms with Crippen molar-refractivity contribution in [2.24, 2.45) is 11.8 Å². The summed E-state index contributed by atoms with van der Waals surface area (Å²) in [6.45, 7) is 6.95. The molecular formula is C17H30N2O2. The van der Waals surface area contributed by atoms with E-state index in [1.807, 2.05) is 0 Å². The van der Waals surface area contributed by atoms with Gasteiger partial charge in [0.2, 0.25) is 0 Å². The van der Waals surface area contributed by atoms with Crippen LogP contribution in [0.2, 0.25) is 0 Å². The molecule has 0 aromatic carbocycles. The SMILES string of the molecule is CC(C)C1CCN(C2CCCC(NC3CC3)(C(=O)O)C2)C1.